The number of nitrogens with two attached hydrogens (primary N) is 1. The summed E-state index contributed by atoms with van der Waals surface area (Å²) in [7, 11) is 0. The molecule has 0 aliphatic heterocycles. The number of hydrogen-bond acceptors (Lipinski definition) is 4. The van der Waals surface area contributed by atoms with Crippen molar-refractivity contribution in [1.82, 2.24) is 5.32 Å². The molecule has 0 aromatic heterocycles. The molecular weight excluding hydrogens is 219 g/mol. The molecule has 0 saturated carbocycles. The fourth-order valence-corrected chi connectivity index (χ4v) is 1.14. The van der Waals surface area contributed by atoms with Gasteiger partial charge in [-0.2, -0.15) is 0 Å². The minimum absolute atomic E-state index is 0.198. The predicted molar refractivity (Wildman–Crippen MR) is 68.1 cm³/mol. The Morgan fingerprint density at radius 2 is 2.00 bits per heavy atom. The van der Waals surface area contributed by atoms with Crippen molar-refractivity contribution >= 4 is 11.9 Å². The van der Waals surface area contributed by atoms with E-state index < -0.39 is 5.83 Å². The Kier molecular flexibility index (Phi) is 4.75. The third-order valence-corrected chi connectivity index (χ3v) is 1.99. The zero-order valence-corrected chi connectivity index (χ0v) is 9.50. The SMILES string of the molecule is C/C=C(\N/C(N)=C(\F)C=N)Nc1ccccc1. The van der Waals surface area contributed by atoms with E-state index in [0.717, 1.165) is 5.69 Å². The summed E-state index contributed by atoms with van der Waals surface area (Å²) in [6, 6.07) is 9.41. The van der Waals surface area contributed by atoms with Crippen LogP contribution in [0.1, 0.15) is 6.92 Å². The number of para-hydroxylation sites is 1. The first-order valence-corrected chi connectivity index (χ1v) is 5.08. The lowest BCUT2D eigenvalue weighted by Gasteiger charge is -2.13. The van der Waals surface area contributed by atoms with Crippen molar-refractivity contribution in [3.8, 4) is 0 Å². The van der Waals surface area contributed by atoms with Crippen LogP contribution in [0.25, 0.3) is 0 Å². The van der Waals surface area contributed by atoms with Gasteiger partial charge in [0.05, 0.1) is 6.21 Å². The van der Waals surface area contributed by atoms with E-state index in [2.05, 4.69) is 10.6 Å². The van der Waals surface area contributed by atoms with Gasteiger partial charge in [-0.05, 0) is 25.1 Å². The molecule has 0 heterocycles. The summed E-state index contributed by atoms with van der Waals surface area (Å²) in [6.07, 6.45) is 2.27. The molecule has 5 heteroatoms. The molecule has 0 spiro atoms. The minimum Gasteiger partial charge on any atom is -0.383 e. The summed E-state index contributed by atoms with van der Waals surface area (Å²) in [5, 5.41) is 12.4. The molecule has 0 fully saturated rings. The van der Waals surface area contributed by atoms with Gasteiger partial charge in [0, 0.05) is 5.69 Å². The number of hydrogen-bond donors (Lipinski definition) is 4. The summed E-state index contributed by atoms with van der Waals surface area (Å²) in [5.74, 6) is -0.457. The van der Waals surface area contributed by atoms with E-state index in [1.165, 1.54) is 0 Å². The number of anilines is 1. The van der Waals surface area contributed by atoms with Gasteiger partial charge >= 0.3 is 0 Å². The van der Waals surface area contributed by atoms with E-state index in [1.54, 1.807) is 13.0 Å². The summed E-state index contributed by atoms with van der Waals surface area (Å²) in [6.45, 7) is 1.79. The second-order valence-electron chi connectivity index (χ2n) is 3.22. The Bertz CT molecular complexity index is 437. The number of benzene rings is 1. The molecule has 1 aromatic rings. The first kappa shape index (κ1) is 12.8. The second-order valence-corrected chi connectivity index (χ2v) is 3.22. The molecule has 0 saturated heterocycles. The molecule has 0 aliphatic rings. The van der Waals surface area contributed by atoms with Gasteiger partial charge in [0.25, 0.3) is 0 Å². The lowest BCUT2D eigenvalue weighted by Crippen LogP contribution is -2.25. The lowest BCUT2D eigenvalue weighted by molar-refractivity contribution is 0.656. The first-order valence-electron chi connectivity index (χ1n) is 5.08. The summed E-state index contributed by atoms with van der Waals surface area (Å²) in [4.78, 5) is 0. The van der Waals surface area contributed by atoms with E-state index >= 15 is 0 Å². The molecule has 0 aliphatic carbocycles. The highest BCUT2D eigenvalue weighted by Crippen LogP contribution is 2.08. The van der Waals surface area contributed by atoms with Crippen molar-refractivity contribution in [2.24, 2.45) is 5.73 Å². The van der Waals surface area contributed by atoms with Crippen LogP contribution in [-0.2, 0) is 0 Å². The van der Waals surface area contributed by atoms with Crippen LogP contribution in [0.3, 0.4) is 0 Å². The van der Waals surface area contributed by atoms with E-state index in [0.29, 0.717) is 12.0 Å². The maximum Gasteiger partial charge on any atom is 0.180 e. The first-order chi connectivity index (χ1) is 8.17. The van der Waals surface area contributed by atoms with E-state index in [1.807, 2.05) is 30.3 Å². The Hall–Kier alpha value is -2.30. The van der Waals surface area contributed by atoms with Gasteiger partial charge in [-0.1, -0.05) is 18.2 Å². The number of halogens is 1. The van der Waals surface area contributed by atoms with Gasteiger partial charge in [-0.3, -0.25) is 0 Å². The topological polar surface area (TPSA) is 73.9 Å². The fourth-order valence-electron chi connectivity index (χ4n) is 1.14. The standard InChI is InChI=1S/C12H15FN4/c1-2-11(17-12(15)10(13)8-14)16-9-6-4-3-5-7-9/h2-8,14,16-17H,15H2,1H3/b11-2-,12-10-,14-8?. The zero-order valence-electron chi connectivity index (χ0n) is 9.50. The molecule has 1 aromatic carbocycles. The molecule has 1 rings (SSSR count). The van der Waals surface area contributed by atoms with Crippen LogP contribution in [0.2, 0.25) is 0 Å². The van der Waals surface area contributed by atoms with Crippen molar-refractivity contribution in [2.75, 3.05) is 5.32 Å². The third-order valence-electron chi connectivity index (χ3n) is 1.99. The smallest absolute Gasteiger partial charge is 0.180 e. The Morgan fingerprint density at radius 1 is 1.35 bits per heavy atom. The predicted octanol–water partition coefficient (Wildman–Crippen LogP) is 2.30. The molecule has 0 radical (unpaired) electrons. The van der Waals surface area contributed by atoms with Crippen molar-refractivity contribution in [3.05, 3.63) is 53.9 Å². The van der Waals surface area contributed by atoms with Gasteiger partial charge in [-0.25, -0.2) is 4.39 Å². The fraction of sp³-hybridized carbons (Fsp3) is 0.0833. The maximum absolute atomic E-state index is 13.0. The maximum atomic E-state index is 13.0. The van der Waals surface area contributed by atoms with Gasteiger partial charge in [0.15, 0.2) is 5.83 Å². The van der Waals surface area contributed by atoms with Gasteiger partial charge < -0.3 is 21.8 Å². The molecule has 90 valence electrons. The van der Waals surface area contributed by atoms with Crippen LogP contribution < -0.4 is 16.4 Å². The average Bonchev–Trinajstić information content (AvgIpc) is 2.38. The number of rotatable bonds is 5. The number of allylic oxidation sites excluding steroid dienone is 2. The van der Waals surface area contributed by atoms with Crippen LogP contribution in [0, 0.1) is 5.41 Å². The van der Waals surface area contributed by atoms with Crippen LogP contribution in [0.5, 0.6) is 0 Å². The molecule has 0 bridgehead atoms. The quantitative estimate of drug-likeness (QED) is 0.590. The molecular formula is C12H15FN4. The van der Waals surface area contributed by atoms with Gasteiger partial charge in [-0.15, -0.1) is 0 Å². The van der Waals surface area contributed by atoms with Crippen molar-refractivity contribution in [1.29, 1.82) is 5.41 Å². The molecule has 17 heavy (non-hydrogen) atoms. The van der Waals surface area contributed by atoms with Crippen molar-refractivity contribution < 1.29 is 4.39 Å². The molecule has 0 atom stereocenters. The Labute approximate surface area is 99.5 Å². The number of nitrogens with one attached hydrogen (secondary N) is 3. The van der Waals surface area contributed by atoms with E-state index in [4.69, 9.17) is 11.1 Å². The Balaban J connectivity index is 2.72. The van der Waals surface area contributed by atoms with Crippen LogP contribution in [0.15, 0.2) is 53.9 Å². The second kappa shape index (κ2) is 6.32. The van der Waals surface area contributed by atoms with Crippen molar-refractivity contribution in [3.63, 3.8) is 0 Å². The summed E-state index contributed by atoms with van der Waals surface area (Å²) < 4.78 is 13.0. The summed E-state index contributed by atoms with van der Waals surface area (Å²) in [5.41, 5.74) is 6.28. The third kappa shape index (κ3) is 3.98. The Morgan fingerprint density at radius 3 is 2.53 bits per heavy atom. The van der Waals surface area contributed by atoms with Crippen LogP contribution >= 0.6 is 0 Å². The van der Waals surface area contributed by atoms with E-state index in [-0.39, 0.29) is 5.82 Å². The summed E-state index contributed by atoms with van der Waals surface area (Å²) >= 11 is 0. The monoisotopic (exact) mass is 234 g/mol. The molecule has 4 nitrogen and oxygen atoms in total. The van der Waals surface area contributed by atoms with Crippen LogP contribution in [0.4, 0.5) is 10.1 Å². The van der Waals surface area contributed by atoms with Crippen molar-refractivity contribution in [2.45, 2.75) is 6.92 Å². The largest absolute Gasteiger partial charge is 0.383 e. The highest BCUT2D eigenvalue weighted by molar-refractivity contribution is 5.73. The van der Waals surface area contributed by atoms with E-state index in [9.17, 15) is 4.39 Å². The average molecular weight is 234 g/mol. The van der Waals surface area contributed by atoms with Crippen LogP contribution in [-0.4, -0.2) is 6.21 Å². The molecule has 0 unspecified atom stereocenters. The molecule has 5 N–H and O–H groups in total. The zero-order chi connectivity index (χ0) is 12.7. The minimum atomic E-state index is -0.806. The van der Waals surface area contributed by atoms with Gasteiger partial charge in [0.2, 0.25) is 0 Å². The lowest BCUT2D eigenvalue weighted by atomic mass is 10.3. The van der Waals surface area contributed by atoms with Gasteiger partial charge in [0.1, 0.15) is 11.6 Å². The molecule has 0 amide bonds. The highest BCUT2D eigenvalue weighted by atomic mass is 19.1. The normalized spacial score (nSPS) is 12.7. The highest BCUT2D eigenvalue weighted by Gasteiger charge is 2.02.